The molecule has 0 radical (unpaired) electrons. The van der Waals surface area contributed by atoms with E-state index in [9.17, 15) is 0 Å². The molecule has 0 aliphatic rings. The van der Waals surface area contributed by atoms with E-state index in [1.807, 2.05) is 11.4 Å². The molecule has 0 amide bonds. The Bertz CT molecular complexity index is 464. The average molecular weight is 318 g/mol. The number of thiophene rings is 1. The minimum atomic E-state index is 0.614. The average Bonchev–Trinajstić information content (AvgIpc) is 2.83. The lowest BCUT2D eigenvalue weighted by atomic mass is 10.2. The standard InChI is InChI=1S/C10H12BrN3S2/c1-6(2)4-12-10-13-9(14-16-10)8-3-7(11)5-15-8/h3,5-6H,4H2,1-2H3,(H,12,13,14). The van der Waals surface area contributed by atoms with E-state index in [0.717, 1.165) is 26.9 Å². The van der Waals surface area contributed by atoms with Gasteiger partial charge in [0.25, 0.3) is 0 Å². The molecule has 6 heteroatoms. The highest BCUT2D eigenvalue weighted by Crippen LogP contribution is 2.29. The summed E-state index contributed by atoms with van der Waals surface area (Å²) in [5, 5.41) is 6.21. The van der Waals surface area contributed by atoms with Crippen LogP contribution in [0, 0.1) is 5.92 Å². The van der Waals surface area contributed by atoms with Crippen LogP contribution in [0.15, 0.2) is 15.9 Å². The third-order valence-electron chi connectivity index (χ3n) is 1.88. The van der Waals surface area contributed by atoms with Gasteiger partial charge in [-0.15, -0.1) is 11.3 Å². The van der Waals surface area contributed by atoms with E-state index in [1.54, 1.807) is 11.3 Å². The van der Waals surface area contributed by atoms with Gasteiger partial charge in [0.15, 0.2) is 5.82 Å². The summed E-state index contributed by atoms with van der Waals surface area (Å²) < 4.78 is 5.42. The summed E-state index contributed by atoms with van der Waals surface area (Å²) in [6.45, 7) is 5.28. The Kier molecular flexibility index (Phi) is 3.94. The third kappa shape index (κ3) is 3.02. The van der Waals surface area contributed by atoms with Gasteiger partial charge in [0.1, 0.15) is 0 Å². The fourth-order valence-electron chi connectivity index (χ4n) is 1.12. The van der Waals surface area contributed by atoms with Gasteiger partial charge in [0.2, 0.25) is 5.13 Å². The van der Waals surface area contributed by atoms with Crippen LogP contribution >= 0.6 is 38.8 Å². The van der Waals surface area contributed by atoms with Crippen LogP contribution in [-0.4, -0.2) is 15.9 Å². The summed E-state index contributed by atoms with van der Waals surface area (Å²) in [6, 6.07) is 2.04. The van der Waals surface area contributed by atoms with Crippen molar-refractivity contribution in [2.75, 3.05) is 11.9 Å². The minimum Gasteiger partial charge on any atom is -0.360 e. The van der Waals surface area contributed by atoms with E-state index in [1.165, 1.54) is 11.5 Å². The van der Waals surface area contributed by atoms with Gasteiger partial charge in [-0.2, -0.15) is 9.36 Å². The zero-order chi connectivity index (χ0) is 11.5. The quantitative estimate of drug-likeness (QED) is 0.922. The highest BCUT2D eigenvalue weighted by atomic mass is 79.9. The van der Waals surface area contributed by atoms with Crippen LogP contribution in [0.2, 0.25) is 0 Å². The van der Waals surface area contributed by atoms with Crippen LogP contribution in [0.3, 0.4) is 0 Å². The van der Waals surface area contributed by atoms with E-state index in [0.29, 0.717) is 5.92 Å². The van der Waals surface area contributed by atoms with Crippen molar-refractivity contribution in [1.82, 2.24) is 9.36 Å². The van der Waals surface area contributed by atoms with E-state index in [-0.39, 0.29) is 0 Å². The molecule has 2 heterocycles. The first-order valence-electron chi connectivity index (χ1n) is 4.97. The van der Waals surface area contributed by atoms with Crippen LogP contribution in [0.5, 0.6) is 0 Å². The number of halogens is 1. The molecule has 2 aromatic heterocycles. The molecule has 0 aliphatic heterocycles. The van der Waals surface area contributed by atoms with E-state index in [4.69, 9.17) is 0 Å². The van der Waals surface area contributed by atoms with E-state index >= 15 is 0 Å². The van der Waals surface area contributed by atoms with Crippen molar-refractivity contribution >= 4 is 43.9 Å². The maximum absolute atomic E-state index is 4.45. The molecule has 0 fully saturated rings. The maximum atomic E-state index is 4.45. The summed E-state index contributed by atoms with van der Waals surface area (Å²) in [6.07, 6.45) is 0. The molecule has 2 aromatic rings. The van der Waals surface area contributed by atoms with E-state index < -0.39 is 0 Å². The van der Waals surface area contributed by atoms with Gasteiger partial charge >= 0.3 is 0 Å². The van der Waals surface area contributed by atoms with Crippen molar-refractivity contribution < 1.29 is 0 Å². The van der Waals surface area contributed by atoms with Crippen molar-refractivity contribution in [1.29, 1.82) is 0 Å². The van der Waals surface area contributed by atoms with Crippen molar-refractivity contribution in [3.05, 3.63) is 15.9 Å². The van der Waals surface area contributed by atoms with Crippen molar-refractivity contribution in [2.45, 2.75) is 13.8 Å². The monoisotopic (exact) mass is 317 g/mol. The fraction of sp³-hybridized carbons (Fsp3) is 0.400. The Morgan fingerprint density at radius 2 is 2.31 bits per heavy atom. The van der Waals surface area contributed by atoms with Gasteiger partial charge in [-0.1, -0.05) is 13.8 Å². The normalized spacial score (nSPS) is 11.0. The first-order valence-corrected chi connectivity index (χ1v) is 7.41. The second kappa shape index (κ2) is 5.25. The molecule has 0 bridgehead atoms. The number of nitrogens with zero attached hydrogens (tertiary/aromatic N) is 2. The van der Waals surface area contributed by atoms with E-state index in [2.05, 4.69) is 44.5 Å². The lowest BCUT2D eigenvalue weighted by Crippen LogP contribution is -2.07. The van der Waals surface area contributed by atoms with Crippen LogP contribution in [0.25, 0.3) is 10.7 Å². The Balaban J connectivity index is 2.07. The summed E-state index contributed by atoms with van der Waals surface area (Å²) in [5.74, 6) is 1.43. The Morgan fingerprint density at radius 3 is 2.94 bits per heavy atom. The maximum Gasteiger partial charge on any atom is 0.202 e. The molecule has 0 atom stereocenters. The Hall–Kier alpha value is -0.460. The number of hydrogen-bond donors (Lipinski definition) is 1. The van der Waals surface area contributed by atoms with Crippen molar-refractivity contribution in [2.24, 2.45) is 5.92 Å². The van der Waals surface area contributed by atoms with Crippen molar-refractivity contribution in [3.8, 4) is 10.7 Å². The predicted molar refractivity (Wildman–Crippen MR) is 74.2 cm³/mol. The molecular formula is C10H12BrN3S2. The molecule has 86 valence electrons. The highest BCUT2D eigenvalue weighted by molar-refractivity contribution is 9.10. The number of hydrogen-bond acceptors (Lipinski definition) is 5. The molecule has 3 nitrogen and oxygen atoms in total. The van der Waals surface area contributed by atoms with Gasteiger partial charge in [-0.3, -0.25) is 0 Å². The Labute approximate surface area is 111 Å². The minimum absolute atomic E-state index is 0.614. The lowest BCUT2D eigenvalue weighted by molar-refractivity contribution is 0.688. The first-order chi connectivity index (χ1) is 7.65. The molecule has 2 rings (SSSR count). The lowest BCUT2D eigenvalue weighted by Gasteiger charge is -2.03. The third-order valence-corrected chi connectivity index (χ3v) is 4.24. The first kappa shape index (κ1) is 12.0. The molecule has 0 unspecified atom stereocenters. The summed E-state index contributed by atoms with van der Waals surface area (Å²) in [7, 11) is 0. The topological polar surface area (TPSA) is 37.8 Å². The number of rotatable bonds is 4. The predicted octanol–water partition coefficient (Wildman–Crippen LogP) is 4.10. The summed E-state index contributed by atoms with van der Waals surface area (Å²) in [4.78, 5) is 5.55. The molecule has 1 N–H and O–H groups in total. The largest absolute Gasteiger partial charge is 0.360 e. The SMILES string of the molecule is CC(C)CNc1nc(-c2cc(Br)cs2)ns1. The highest BCUT2D eigenvalue weighted by Gasteiger charge is 2.08. The van der Waals surface area contributed by atoms with Crippen LogP contribution in [0.4, 0.5) is 5.13 Å². The fourth-order valence-corrected chi connectivity index (χ4v) is 3.12. The number of aromatic nitrogens is 2. The Morgan fingerprint density at radius 1 is 1.50 bits per heavy atom. The molecule has 0 saturated carbocycles. The van der Waals surface area contributed by atoms with Gasteiger partial charge in [0.05, 0.1) is 4.88 Å². The zero-order valence-corrected chi connectivity index (χ0v) is 12.2. The summed E-state index contributed by atoms with van der Waals surface area (Å²) >= 11 is 6.49. The number of anilines is 1. The molecule has 0 spiro atoms. The molecular weight excluding hydrogens is 306 g/mol. The van der Waals surface area contributed by atoms with Gasteiger partial charge in [-0.05, 0) is 27.9 Å². The number of nitrogens with one attached hydrogen (secondary N) is 1. The molecule has 0 aliphatic carbocycles. The smallest absolute Gasteiger partial charge is 0.202 e. The molecule has 16 heavy (non-hydrogen) atoms. The van der Waals surface area contributed by atoms with Crippen LogP contribution < -0.4 is 5.32 Å². The van der Waals surface area contributed by atoms with Crippen molar-refractivity contribution in [3.63, 3.8) is 0 Å². The van der Waals surface area contributed by atoms with Gasteiger partial charge < -0.3 is 5.32 Å². The molecule has 0 saturated heterocycles. The second-order valence-electron chi connectivity index (χ2n) is 3.83. The second-order valence-corrected chi connectivity index (χ2v) is 6.41. The summed E-state index contributed by atoms with van der Waals surface area (Å²) in [5.41, 5.74) is 0. The van der Waals surface area contributed by atoms with Gasteiger partial charge in [-0.25, -0.2) is 0 Å². The van der Waals surface area contributed by atoms with Crippen LogP contribution in [0.1, 0.15) is 13.8 Å². The molecule has 0 aromatic carbocycles. The van der Waals surface area contributed by atoms with Crippen LogP contribution in [-0.2, 0) is 0 Å². The van der Waals surface area contributed by atoms with Gasteiger partial charge in [0, 0.05) is 27.9 Å². The zero-order valence-electron chi connectivity index (χ0n) is 9.03.